The van der Waals surface area contributed by atoms with Crippen LogP contribution in [0.5, 0.6) is 17.2 Å². The summed E-state index contributed by atoms with van der Waals surface area (Å²) in [6.45, 7) is 1.08. The average molecular weight is 426 g/mol. The van der Waals surface area contributed by atoms with Crippen molar-refractivity contribution in [2.24, 2.45) is 0 Å². The van der Waals surface area contributed by atoms with E-state index in [-0.39, 0.29) is 5.91 Å². The first-order valence-corrected chi connectivity index (χ1v) is 10.6. The molecule has 2 aromatic carbocycles. The fourth-order valence-electron chi connectivity index (χ4n) is 3.28. The fourth-order valence-corrected chi connectivity index (χ4v) is 4.00. The number of aryl methyl sites for hydroxylation is 1. The highest BCUT2D eigenvalue weighted by atomic mass is 32.1. The number of amides is 1. The van der Waals surface area contributed by atoms with Gasteiger partial charge in [-0.15, -0.1) is 11.3 Å². The first-order chi connectivity index (χ1) is 14.6. The van der Waals surface area contributed by atoms with Crippen LogP contribution in [0.15, 0.2) is 60.0 Å². The van der Waals surface area contributed by atoms with E-state index in [1.807, 2.05) is 58.8 Å². The number of rotatable bonds is 10. The molecule has 0 spiro atoms. The van der Waals surface area contributed by atoms with E-state index in [0.717, 1.165) is 33.3 Å². The lowest BCUT2D eigenvalue weighted by Gasteiger charge is -2.23. The van der Waals surface area contributed by atoms with Crippen molar-refractivity contribution in [3.05, 3.63) is 76.0 Å². The molecule has 0 atom stereocenters. The van der Waals surface area contributed by atoms with Crippen molar-refractivity contribution in [1.29, 1.82) is 0 Å². The van der Waals surface area contributed by atoms with Gasteiger partial charge in [0.1, 0.15) is 17.2 Å². The van der Waals surface area contributed by atoms with Crippen LogP contribution in [-0.2, 0) is 24.3 Å². The zero-order valence-corrected chi connectivity index (χ0v) is 18.4. The van der Waals surface area contributed by atoms with E-state index in [4.69, 9.17) is 14.2 Å². The number of hydrogen-bond donors (Lipinski definition) is 0. The van der Waals surface area contributed by atoms with Crippen LogP contribution in [0.1, 0.15) is 22.4 Å². The Morgan fingerprint density at radius 2 is 1.63 bits per heavy atom. The van der Waals surface area contributed by atoms with Gasteiger partial charge in [-0.05, 0) is 41.6 Å². The van der Waals surface area contributed by atoms with Crippen LogP contribution < -0.4 is 14.2 Å². The van der Waals surface area contributed by atoms with Crippen LogP contribution in [0.3, 0.4) is 0 Å². The van der Waals surface area contributed by atoms with Gasteiger partial charge < -0.3 is 19.1 Å². The molecule has 158 valence electrons. The topological polar surface area (TPSA) is 48.0 Å². The molecule has 5 nitrogen and oxygen atoms in total. The van der Waals surface area contributed by atoms with Gasteiger partial charge in [0.2, 0.25) is 5.91 Å². The van der Waals surface area contributed by atoms with Crippen LogP contribution >= 0.6 is 11.3 Å². The largest absolute Gasteiger partial charge is 0.497 e. The lowest BCUT2D eigenvalue weighted by molar-refractivity contribution is -0.132. The first kappa shape index (κ1) is 21.7. The Kier molecular flexibility index (Phi) is 7.74. The van der Waals surface area contributed by atoms with Crippen molar-refractivity contribution >= 4 is 17.2 Å². The van der Waals surface area contributed by atoms with E-state index in [0.29, 0.717) is 25.9 Å². The standard InChI is InChI=1S/C24H27NO4S/c1-27-20-13-18(14-21(15-20)28-2)10-11-24(26)25(17-22-8-6-12-30-22)16-19-7-4-5-9-23(19)29-3/h4-9,12-15H,10-11,16-17H2,1-3H3. The first-order valence-electron chi connectivity index (χ1n) is 9.77. The summed E-state index contributed by atoms with van der Waals surface area (Å²) in [7, 11) is 4.90. The van der Waals surface area contributed by atoms with Crippen molar-refractivity contribution in [3.8, 4) is 17.2 Å². The second-order valence-electron chi connectivity index (χ2n) is 6.86. The Labute approximate surface area is 181 Å². The van der Waals surface area contributed by atoms with E-state index in [1.54, 1.807) is 32.7 Å². The highest BCUT2D eigenvalue weighted by molar-refractivity contribution is 7.09. The smallest absolute Gasteiger partial charge is 0.223 e. The summed E-state index contributed by atoms with van der Waals surface area (Å²) in [6.07, 6.45) is 1.01. The number of thiophene rings is 1. The van der Waals surface area contributed by atoms with Crippen molar-refractivity contribution in [2.45, 2.75) is 25.9 Å². The number of para-hydroxylation sites is 1. The van der Waals surface area contributed by atoms with E-state index < -0.39 is 0 Å². The number of ether oxygens (including phenoxy) is 3. The van der Waals surface area contributed by atoms with Crippen LogP contribution in [0, 0.1) is 0 Å². The zero-order chi connectivity index (χ0) is 21.3. The quantitative estimate of drug-likeness (QED) is 0.462. The summed E-state index contributed by atoms with van der Waals surface area (Å²) in [6, 6.07) is 17.6. The summed E-state index contributed by atoms with van der Waals surface area (Å²) in [5, 5.41) is 2.03. The minimum atomic E-state index is 0.0936. The van der Waals surface area contributed by atoms with E-state index >= 15 is 0 Å². The Morgan fingerprint density at radius 1 is 0.900 bits per heavy atom. The maximum Gasteiger partial charge on any atom is 0.223 e. The fraction of sp³-hybridized carbons (Fsp3) is 0.292. The molecule has 0 bridgehead atoms. The van der Waals surface area contributed by atoms with Gasteiger partial charge in [0.05, 0.1) is 27.9 Å². The molecule has 0 N–H and O–H groups in total. The predicted molar refractivity (Wildman–Crippen MR) is 119 cm³/mol. The summed E-state index contributed by atoms with van der Waals surface area (Å²) < 4.78 is 16.2. The second kappa shape index (κ2) is 10.7. The normalized spacial score (nSPS) is 10.5. The van der Waals surface area contributed by atoms with Crippen molar-refractivity contribution < 1.29 is 19.0 Å². The maximum absolute atomic E-state index is 13.2. The van der Waals surface area contributed by atoms with Gasteiger partial charge in [-0.1, -0.05) is 24.3 Å². The molecule has 3 aromatic rings. The van der Waals surface area contributed by atoms with E-state index in [9.17, 15) is 4.79 Å². The summed E-state index contributed by atoms with van der Waals surface area (Å²) in [4.78, 5) is 16.2. The molecule has 0 fully saturated rings. The minimum absolute atomic E-state index is 0.0936. The molecular formula is C24H27NO4S. The summed E-state index contributed by atoms with van der Waals surface area (Å²) in [5.41, 5.74) is 2.00. The molecule has 0 saturated heterocycles. The van der Waals surface area contributed by atoms with Crippen LogP contribution in [-0.4, -0.2) is 32.1 Å². The van der Waals surface area contributed by atoms with Gasteiger partial charge in [-0.25, -0.2) is 0 Å². The van der Waals surface area contributed by atoms with Gasteiger partial charge in [-0.3, -0.25) is 4.79 Å². The van der Waals surface area contributed by atoms with Gasteiger partial charge in [-0.2, -0.15) is 0 Å². The van der Waals surface area contributed by atoms with Crippen LogP contribution in [0.4, 0.5) is 0 Å². The van der Waals surface area contributed by atoms with E-state index in [2.05, 4.69) is 6.07 Å². The van der Waals surface area contributed by atoms with Crippen LogP contribution in [0.2, 0.25) is 0 Å². The summed E-state index contributed by atoms with van der Waals surface area (Å²) >= 11 is 1.66. The highest BCUT2D eigenvalue weighted by Crippen LogP contribution is 2.25. The predicted octanol–water partition coefficient (Wildman–Crippen LogP) is 4.94. The Morgan fingerprint density at radius 3 is 2.27 bits per heavy atom. The van der Waals surface area contributed by atoms with Crippen molar-refractivity contribution in [3.63, 3.8) is 0 Å². The molecule has 0 unspecified atom stereocenters. The monoisotopic (exact) mass is 425 g/mol. The van der Waals surface area contributed by atoms with Crippen LogP contribution in [0.25, 0.3) is 0 Å². The SMILES string of the molecule is COc1cc(CCC(=O)N(Cc2cccs2)Cc2ccccc2OC)cc(OC)c1. The zero-order valence-electron chi connectivity index (χ0n) is 17.6. The molecule has 30 heavy (non-hydrogen) atoms. The number of carbonyl (C=O) groups is 1. The third-order valence-corrected chi connectivity index (χ3v) is 5.73. The maximum atomic E-state index is 13.2. The Balaban J connectivity index is 1.75. The molecule has 1 aromatic heterocycles. The number of carbonyl (C=O) groups excluding carboxylic acids is 1. The molecule has 0 aliphatic heterocycles. The molecule has 0 aliphatic rings. The summed E-state index contributed by atoms with van der Waals surface area (Å²) in [5.74, 6) is 2.33. The molecule has 0 saturated carbocycles. The molecule has 3 rings (SSSR count). The van der Waals surface area contributed by atoms with Gasteiger partial charge in [0.15, 0.2) is 0 Å². The molecule has 6 heteroatoms. The molecule has 0 aliphatic carbocycles. The van der Waals surface area contributed by atoms with Crippen molar-refractivity contribution in [2.75, 3.05) is 21.3 Å². The van der Waals surface area contributed by atoms with Crippen molar-refractivity contribution in [1.82, 2.24) is 4.90 Å². The number of nitrogens with zero attached hydrogens (tertiary/aromatic N) is 1. The van der Waals surface area contributed by atoms with E-state index in [1.165, 1.54) is 0 Å². The molecular weight excluding hydrogens is 398 g/mol. The molecule has 1 heterocycles. The minimum Gasteiger partial charge on any atom is -0.497 e. The lowest BCUT2D eigenvalue weighted by Crippen LogP contribution is -2.30. The Bertz CT molecular complexity index is 933. The number of hydrogen-bond acceptors (Lipinski definition) is 5. The molecule has 1 amide bonds. The number of benzene rings is 2. The highest BCUT2D eigenvalue weighted by Gasteiger charge is 2.17. The lowest BCUT2D eigenvalue weighted by atomic mass is 10.1. The van der Waals surface area contributed by atoms with Gasteiger partial charge >= 0.3 is 0 Å². The average Bonchev–Trinajstić information content (AvgIpc) is 3.30. The van der Waals surface area contributed by atoms with Gasteiger partial charge in [0, 0.05) is 29.5 Å². The molecule has 0 radical (unpaired) electrons. The number of methoxy groups -OCH3 is 3. The second-order valence-corrected chi connectivity index (χ2v) is 7.89. The Hall–Kier alpha value is -2.99. The van der Waals surface area contributed by atoms with Gasteiger partial charge in [0.25, 0.3) is 0 Å². The third-order valence-electron chi connectivity index (χ3n) is 4.87. The third kappa shape index (κ3) is 5.76.